The van der Waals surface area contributed by atoms with E-state index in [1.807, 2.05) is 0 Å². The minimum atomic E-state index is -4.95. The molecule has 2 N–H and O–H groups in total. The van der Waals surface area contributed by atoms with Crippen LogP contribution < -0.4 is 10.5 Å². The third-order valence-corrected chi connectivity index (χ3v) is 3.98. The maximum atomic E-state index is 13.7. The molecule has 7 nitrogen and oxygen atoms in total. The molecule has 1 unspecified atom stereocenters. The molecule has 0 aliphatic heterocycles. The molecular formula is C17H13ClF4N2O5. The first-order valence-corrected chi connectivity index (χ1v) is 8.15. The van der Waals surface area contributed by atoms with Crippen LogP contribution in [0.4, 0.5) is 28.9 Å². The number of nitrogen functional groups attached to an aromatic ring is 1. The average Bonchev–Trinajstić information content (AvgIpc) is 2.63. The highest BCUT2D eigenvalue weighted by atomic mass is 35.5. The van der Waals surface area contributed by atoms with Gasteiger partial charge in [0.1, 0.15) is 11.4 Å². The summed E-state index contributed by atoms with van der Waals surface area (Å²) in [6.07, 6.45) is -7.85. The van der Waals surface area contributed by atoms with Crippen LogP contribution >= 0.6 is 11.6 Å². The van der Waals surface area contributed by atoms with Crippen molar-refractivity contribution in [2.45, 2.75) is 18.8 Å². The summed E-state index contributed by atoms with van der Waals surface area (Å²) < 4.78 is 63.6. The maximum absolute atomic E-state index is 13.7. The van der Waals surface area contributed by atoms with Crippen molar-refractivity contribution < 1.29 is 36.8 Å². The van der Waals surface area contributed by atoms with Crippen LogP contribution in [0.25, 0.3) is 0 Å². The molecule has 29 heavy (non-hydrogen) atoms. The number of benzene rings is 2. The largest absolute Gasteiger partial charge is 0.467 e. The van der Waals surface area contributed by atoms with E-state index >= 15 is 0 Å². The van der Waals surface area contributed by atoms with E-state index in [0.29, 0.717) is 6.07 Å². The second kappa shape index (κ2) is 8.52. The number of hydrogen-bond acceptors (Lipinski definition) is 6. The fraction of sp³-hybridized carbons (Fsp3) is 0.235. The van der Waals surface area contributed by atoms with Crippen LogP contribution in [0.1, 0.15) is 11.1 Å². The first-order chi connectivity index (χ1) is 13.4. The quantitative estimate of drug-likeness (QED) is 0.231. The lowest BCUT2D eigenvalue weighted by Crippen LogP contribution is -2.20. The van der Waals surface area contributed by atoms with E-state index in [1.165, 1.54) is 0 Å². The van der Waals surface area contributed by atoms with Gasteiger partial charge in [0, 0.05) is 6.42 Å². The smallest absolute Gasteiger partial charge is 0.420 e. The van der Waals surface area contributed by atoms with Gasteiger partial charge in [-0.25, -0.2) is 9.18 Å². The fourth-order valence-corrected chi connectivity index (χ4v) is 2.64. The van der Waals surface area contributed by atoms with Crippen LogP contribution in [0.5, 0.6) is 11.5 Å². The number of rotatable bonds is 6. The maximum Gasteiger partial charge on any atom is 0.420 e. The molecule has 2 rings (SSSR count). The number of ether oxygens (including phenoxy) is 2. The van der Waals surface area contributed by atoms with Gasteiger partial charge in [0.15, 0.2) is 5.75 Å². The van der Waals surface area contributed by atoms with Gasteiger partial charge in [-0.05, 0) is 29.8 Å². The summed E-state index contributed by atoms with van der Waals surface area (Å²) in [4.78, 5) is 21.3. The van der Waals surface area contributed by atoms with Crippen LogP contribution in [0.2, 0.25) is 5.02 Å². The molecular weight excluding hydrogens is 424 g/mol. The second-order valence-electron chi connectivity index (χ2n) is 5.73. The molecule has 0 amide bonds. The van der Waals surface area contributed by atoms with Crippen LogP contribution in [-0.4, -0.2) is 24.2 Å². The van der Waals surface area contributed by atoms with Gasteiger partial charge in [-0.1, -0.05) is 11.6 Å². The minimum absolute atomic E-state index is 0.211. The fourth-order valence-electron chi connectivity index (χ4n) is 2.36. The Morgan fingerprint density at radius 3 is 2.52 bits per heavy atom. The third kappa shape index (κ3) is 5.25. The summed E-state index contributed by atoms with van der Waals surface area (Å²) in [7, 11) is 0.936. The number of halogens is 5. The zero-order valence-corrected chi connectivity index (χ0v) is 15.4. The van der Waals surface area contributed by atoms with Crippen LogP contribution in [0.3, 0.4) is 0 Å². The van der Waals surface area contributed by atoms with Crippen molar-refractivity contribution in [3.63, 3.8) is 0 Å². The zero-order valence-electron chi connectivity index (χ0n) is 14.6. The van der Waals surface area contributed by atoms with Crippen molar-refractivity contribution in [1.29, 1.82) is 0 Å². The highest BCUT2D eigenvalue weighted by molar-refractivity contribution is 6.32. The summed E-state index contributed by atoms with van der Waals surface area (Å²) in [5.74, 6) is -2.40. The van der Waals surface area contributed by atoms with Crippen LogP contribution in [0, 0.1) is 10.1 Å². The lowest BCUT2D eigenvalue weighted by molar-refractivity contribution is -0.384. The molecule has 0 aromatic heterocycles. The Balaban J connectivity index is 2.48. The number of anilines is 1. The molecule has 0 heterocycles. The predicted molar refractivity (Wildman–Crippen MR) is 94.7 cm³/mol. The molecule has 1 atom stereocenters. The van der Waals surface area contributed by atoms with Gasteiger partial charge >= 0.3 is 12.1 Å². The normalized spacial score (nSPS) is 12.3. The summed E-state index contributed by atoms with van der Waals surface area (Å²) in [6, 6.07) is 4.62. The second-order valence-corrected chi connectivity index (χ2v) is 6.13. The Bertz CT molecular complexity index is 952. The molecule has 0 aliphatic carbocycles. The lowest BCUT2D eigenvalue weighted by Gasteiger charge is -2.17. The number of carbonyl (C=O) groups is 1. The number of hydrogen-bond donors (Lipinski definition) is 1. The highest BCUT2D eigenvalue weighted by Gasteiger charge is 2.37. The molecule has 12 heteroatoms. The third-order valence-electron chi connectivity index (χ3n) is 3.70. The van der Waals surface area contributed by atoms with E-state index < -0.39 is 51.7 Å². The number of nitrogens with two attached hydrogens (primary N) is 1. The molecule has 2 aromatic carbocycles. The summed E-state index contributed by atoms with van der Waals surface area (Å²) in [5.41, 5.74) is 3.08. The van der Waals surface area contributed by atoms with E-state index in [9.17, 15) is 32.5 Å². The Hall–Kier alpha value is -3.08. The number of carbonyl (C=O) groups excluding carboxylic acids is 1. The number of methoxy groups -OCH3 is 1. The van der Waals surface area contributed by atoms with Crippen LogP contribution in [0.15, 0.2) is 30.3 Å². The molecule has 0 saturated carbocycles. The van der Waals surface area contributed by atoms with Crippen molar-refractivity contribution in [1.82, 2.24) is 0 Å². The number of nitrogens with zero attached hydrogens (tertiary/aromatic N) is 1. The standard InChI is InChI=1S/C17H13ClF4N2O5/c1-28-16(25)12(19)6-8-4-10(17(20,21)22)15(11(18)5-8)29-9-2-3-13(23)14(7-9)24(26)27/h2-5,7,12H,6,23H2,1H3. The van der Waals surface area contributed by atoms with E-state index in [0.717, 1.165) is 31.4 Å². The highest BCUT2D eigenvalue weighted by Crippen LogP contribution is 2.44. The zero-order chi connectivity index (χ0) is 21.9. The van der Waals surface area contributed by atoms with Crippen LogP contribution in [-0.2, 0) is 22.1 Å². The number of nitro groups is 1. The number of esters is 1. The van der Waals surface area contributed by atoms with Gasteiger partial charge < -0.3 is 15.2 Å². The van der Waals surface area contributed by atoms with E-state index in [4.69, 9.17) is 22.1 Å². The first kappa shape index (κ1) is 22.2. The Labute approximate surface area is 166 Å². The Morgan fingerprint density at radius 2 is 1.97 bits per heavy atom. The van der Waals surface area contributed by atoms with Crippen molar-refractivity contribution in [2.75, 3.05) is 12.8 Å². The van der Waals surface area contributed by atoms with E-state index in [-0.39, 0.29) is 17.0 Å². The van der Waals surface area contributed by atoms with Gasteiger partial charge in [-0.3, -0.25) is 10.1 Å². The van der Waals surface area contributed by atoms with Gasteiger partial charge in [-0.15, -0.1) is 0 Å². The van der Waals surface area contributed by atoms with E-state index in [1.54, 1.807) is 0 Å². The lowest BCUT2D eigenvalue weighted by atomic mass is 10.0. The molecule has 0 aliphatic rings. The van der Waals surface area contributed by atoms with Gasteiger partial charge in [0.2, 0.25) is 6.17 Å². The first-order valence-electron chi connectivity index (χ1n) is 7.77. The molecule has 2 aromatic rings. The van der Waals surface area contributed by atoms with Gasteiger partial charge in [0.05, 0.1) is 28.7 Å². The molecule has 0 saturated heterocycles. The van der Waals surface area contributed by atoms with Crippen molar-refractivity contribution in [2.24, 2.45) is 0 Å². The molecule has 0 radical (unpaired) electrons. The molecule has 0 spiro atoms. The number of nitro benzene ring substituents is 1. The molecule has 0 fully saturated rings. The molecule has 0 bridgehead atoms. The van der Waals surface area contributed by atoms with Crippen molar-refractivity contribution in [3.8, 4) is 11.5 Å². The minimum Gasteiger partial charge on any atom is -0.467 e. The topological polar surface area (TPSA) is 105 Å². The van der Waals surface area contributed by atoms with Crippen molar-refractivity contribution >= 4 is 28.9 Å². The monoisotopic (exact) mass is 436 g/mol. The SMILES string of the molecule is COC(=O)C(F)Cc1cc(Cl)c(Oc2ccc(N)c([N+](=O)[O-])c2)c(C(F)(F)F)c1. The number of alkyl halides is 4. The summed E-state index contributed by atoms with van der Waals surface area (Å²) in [6.45, 7) is 0. The molecule has 156 valence electrons. The predicted octanol–water partition coefficient (Wildman–Crippen LogP) is 4.70. The summed E-state index contributed by atoms with van der Waals surface area (Å²) >= 11 is 5.90. The Kier molecular flexibility index (Phi) is 6.52. The van der Waals surface area contributed by atoms with E-state index in [2.05, 4.69) is 4.74 Å². The Morgan fingerprint density at radius 1 is 1.31 bits per heavy atom. The van der Waals surface area contributed by atoms with Crippen molar-refractivity contribution in [3.05, 3.63) is 56.6 Å². The van der Waals surface area contributed by atoms with Gasteiger partial charge in [-0.2, -0.15) is 13.2 Å². The summed E-state index contributed by atoms with van der Waals surface area (Å²) in [5, 5.41) is 10.4. The van der Waals surface area contributed by atoms with Gasteiger partial charge in [0.25, 0.3) is 5.69 Å². The average molecular weight is 437 g/mol.